The highest BCUT2D eigenvalue weighted by Crippen LogP contribution is 2.16. The smallest absolute Gasteiger partial charge is 0.410 e. The van der Waals surface area contributed by atoms with Gasteiger partial charge in [-0.05, 0) is 58.2 Å². The normalized spacial score (nSPS) is 19.7. The first kappa shape index (κ1) is 17.7. The molecule has 4 nitrogen and oxygen atoms in total. The molecule has 0 bridgehead atoms. The van der Waals surface area contributed by atoms with Crippen molar-refractivity contribution in [3.8, 4) is 0 Å². The van der Waals surface area contributed by atoms with Gasteiger partial charge in [0.2, 0.25) is 0 Å². The largest absolute Gasteiger partial charge is 0.444 e. The van der Waals surface area contributed by atoms with E-state index in [1.165, 1.54) is 12.1 Å². The molecule has 1 aromatic carbocycles. The predicted octanol–water partition coefficient (Wildman–Crippen LogP) is 3.36. The van der Waals surface area contributed by atoms with E-state index in [2.05, 4.69) is 12.2 Å². The maximum absolute atomic E-state index is 12.9. The van der Waals surface area contributed by atoms with Gasteiger partial charge in [0.05, 0.1) is 0 Å². The molecule has 1 aliphatic rings. The third-order valence-electron chi connectivity index (χ3n) is 3.82. The van der Waals surface area contributed by atoms with Gasteiger partial charge in [-0.2, -0.15) is 0 Å². The zero-order valence-electron chi connectivity index (χ0n) is 14.4. The van der Waals surface area contributed by atoms with Gasteiger partial charge in [0, 0.05) is 25.2 Å². The molecule has 1 saturated heterocycles. The van der Waals surface area contributed by atoms with Crippen molar-refractivity contribution in [3.63, 3.8) is 0 Å². The Morgan fingerprint density at radius 1 is 1.39 bits per heavy atom. The fraction of sp³-hybridized carbons (Fsp3) is 0.611. The van der Waals surface area contributed by atoms with E-state index in [-0.39, 0.29) is 24.0 Å². The summed E-state index contributed by atoms with van der Waals surface area (Å²) < 4.78 is 18.3. The van der Waals surface area contributed by atoms with Crippen molar-refractivity contribution in [1.82, 2.24) is 10.2 Å². The summed E-state index contributed by atoms with van der Waals surface area (Å²) in [5.74, 6) is -0.210. The Morgan fingerprint density at radius 2 is 2.04 bits per heavy atom. The Morgan fingerprint density at radius 3 is 2.65 bits per heavy atom. The van der Waals surface area contributed by atoms with E-state index in [9.17, 15) is 9.18 Å². The summed E-state index contributed by atoms with van der Waals surface area (Å²) in [6, 6.07) is 7.15. The van der Waals surface area contributed by atoms with Crippen LogP contribution in [0.15, 0.2) is 24.3 Å². The molecule has 5 heteroatoms. The summed E-state index contributed by atoms with van der Waals surface area (Å²) in [5, 5.41) is 3.55. The average molecular weight is 322 g/mol. The number of carbonyl (C=O) groups excluding carboxylic acids is 1. The SMILES string of the molecule is CC(Cc1ccc(F)cc1)NC1CCN(C(=O)OC(C)(C)C)C1. The minimum Gasteiger partial charge on any atom is -0.444 e. The van der Waals surface area contributed by atoms with Crippen molar-refractivity contribution in [2.75, 3.05) is 13.1 Å². The number of likely N-dealkylation sites (tertiary alicyclic amines) is 1. The topological polar surface area (TPSA) is 41.6 Å². The first-order chi connectivity index (χ1) is 10.7. The molecule has 1 fully saturated rings. The van der Waals surface area contributed by atoms with Gasteiger partial charge in [0.15, 0.2) is 0 Å². The number of nitrogens with zero attached hydrogens (tertiary/aromatic N) is 1. The van der Waals surface area contributed by atoms with Gasteiger partial charge in [-0.3, -0.25) is 0 Å². The van der Waals surface area contributed by atoms with Crippen molar-refractivity contribution in [1.29, 1.82) is 0 Å². The summed E-state index contributed by atoms with van der Waals surface area (Å²) in [4.78, 5) is 13.8. The summed E-state index contributed by atoms with van der Waals surface area (Å²) in [7, 11) is 0. The van der Waals surface area contributed by atoms with Crippen LogP contribution in [0.3, 0.4) is 0 Å². The van der Waals surface area contributed by atoms with Crippen LogP contribution in [0.4, 0.5) is 9.18 Å². The molecule has 23 heavy (non-hydrogen) atoms. The van der Waals surface area contributed by atoms with Crippen LogP contribution in [0, 0.1) is 5.82 Å². The molecular weight excluding hydrogens is 295 g/mol. The van der Waals surface area contributed by atoms with Crippen LogP contribution in [0.25, 0.3) is 0 Å². The summed E-state index contributed by atoms with van der Waals surface area (Å²) >= 11 is 0. The van der Waals surface area contributed by atoms with Gasteiger partial charge in [0.1, 0.15) is 11.4 Å². The molecular formula is C18H27FN2O2. The molecule has 1 amide bonds. The van der Waals surface area contributed by atoms with Crippen molar-refractivity contribution in [2.45, 2.75) is 58.2 Å². The van der Waals surface area contributed by atoms with Crippen LogP contribution in [-0.4, -0.2) is 41.8 Å². The van der Waals surface area contributed by atoms with Crippen molar-refractivity contribution in [3.05, 3.63) is 35.6 Å². The molecule has 0 aromatic heterocycles. The van der Waals surface area contributed by atoms with E-state index in [0.717, 1.165) is 24.9 Å². The number of hydrogen-bond donors (Lipinski definition) is 1. The summed E-state index contributed by atoms with van der Waals surface area (Å²) in [6.45, 7) is 9.13. The second-order valence-electron chi connectivity index (χ2n) is 7.31. The Labute approximate surface area is 138 Å². The van der Waals surface area contributed by atoms with E-state index in [4.69, 9.17) is 4.74 Å². The molecule has 2 rings (SSSR count). The minimum atomic E-state index is -0.460. The van der Waals surface area contributed by atoms with Crippen LogP contribution < -0.4 is 5.32 Å². The monoisotopic (exact) mass is 322 g/mol. The molecule has 0 spiro atoms. The van der Waals surface area contributed by atoms with E-state index in [1.54, 1.807) is 4.90 Å². The van der Waals surface area contributed by atoms with Gasteiger partial charge >= 0.3 is 6.09 Å². The number of carbonyl (C=O) groups is 1. The van der Waals surface area contributed by atoms with E-state index < -0.39 is 5.60 Å². The summed E-state index contributed by atoms with van der Waals surface area (Å²) in [5.41, 5.74) is 0.645. The Bertz CT molecular complexity index is 525. The number of nitrogens with one attached hydrogen (secondary N) is 1. The molecule has 0 radical (unpaired) electrons. The lowest BCUT2D eigenvalue weighted by Crippen LogP contribution is -2.41. The third kappa shape index (κ3) is 5.82. The highest BCUT2D eigenvalue weighted by molar-refractivity contribution is 5.68. The van der Waals surface area contributed by atoms with Gasteiger partial charge in [-0.1, -0.05) is 12.1 Å². The van der Waals surface area contributed by atoms with Crippen LogP contribution >= 0.6 is 0 Å². The van der Waals surface area contributed by atoms with Gasteiger partial charge in [-0.15, -0.1) is 0 Å². The Balaban J connectivity index is 1.78. The molecule has 1 aliphatic heterocycles. The first-order valence-corrected chi connectivity index (χ1v) is 8.21. The highest BCUT2D eigenvalue weighted by Gasteiger charge is 2.30. The molecule has 1 aromatic rings. The minimum absolute atomic E-state index is 0.210. The zero-order chi connectivity index (χ0) is 17.0. The first-order valence-electron chi connectivity index (χ1n) is 8.21. The number of halogens is 1. The van der Waals surface area contributed by atoms with Crippen LogP contribution in [0.1, 0.15) is 39.7 Å². The lowest BCUT2D eigenvalue weighted by Gasteiger charge is -2.25. The molecule has 1 heterocycles. The number of benzene rings is 1. The number of amides is 1. The van der Waals surface area contributed by atoms with E-state index >= 15 is 0 Å². The third-order valence-corrected chi connectivity index (χ3v) is 3.82. The number of hydrogen-bond acceptors (Lipinski definition) is 3. The maximum atomic E-state index is 12.9. The van der Waals surface area contributed by atoms with Gasteiger partial charge in [-0.25, -0.2) is 9.18 Å². The van der Waals surface area contributed by atoms with Gasteiger partial charge < -0.3 is 15.0 Å². The fourth-order valence-corrected chi connectivity index (χ4v) is 2.82. The molecule has 1 N–H and O–H groups in total. The fourth-order valence-electron chi connectivity index (χ4n) is 2.82. The molecule has 128 valence electrons. The van der Waals surface area contributed by atoms with Crippen LogP contribution in [0.2, 0.25) is 0 Å². The van der Waals surface area contributed by atoms with Crippen molar-refractivity contribution < 1.29 is 13.9 Å². The molecule has 2 atom stereocenters. The number of rotatable bonds is 4. The van der Waals surface area contributed by atoms with Crippen LogP contribution in [0.5, 0.6) is 0 Å². The zero-order valence-corrected chi connectivity index (χ0v) is 14.4. The number of ether oxygens (including phenoxy) is 1. The summed E-state index contributed by atoms with van der Waals surface area (Å²) in [6.07, 6.45) is 1.52. The van der Waals surface area contributed by atoms with Crippen LogP contribution in [-0.2, 0) is 11.2 Å². The Hall–Kier alpha value is -1.62. The average Bonchev–Trinajstić information content (AvgIpc) is 2.88. The quantitative estimate of drug-likeness (QED) is 0.924. The second kappa shape index (κ2) is 7.30. The maximum Gasteiger partial charge on any atom is 0.410 e. The molecule has 0 aliphatic carbocycles. The lowest BCUT2D eigenvalue weighted by atomic mass is 10.1. The highest BCUT2D eigenvalue weighted by atomic mass is 19.1. The molecule has 0 saturated carbocycles. The van der Waals surface area contributed by atoms with Gasteiger partial charge in [0.25, 0.3) is 0 Å². The standard InChI is InChI=1S/C18H27FN2O2/c1-13(11-14-5-7-15(19)8-6-14)20-16-9-10-21(12-16)17(22)23-18(2,3)4/h5-8,13,16,20H,9-12H2,1-4H3. The van der Waals surface area contributed by atoms with Crippen molar-refractivity contribution in [2.24, 2.45) is 0 Å². The molecule has 2 unspecified atom stereocenters. The predicted molar refractivity (Wildman–Crippen MR) is 88.9 cm³/mol. The van der Waals surface area contributed by atoms with Crippen molar-refractivity contribution >= 4 is 6.09 Å². The second-order valence-corrected chi connectivity index (χ2v) is 7.31. The van der Waals surface area contributed by atoms with E-state index in [1.807, 2.05) is 32.9 Å². The Kier molecular flexibility index (Phi) is 5.63. The lowest BCUT2D eigenvalue weighted by molar-refractivity contribution is 0.0290. The van der Waals surface area contributed by atoms with E-state index in [0.29, 0.717) is 6.54 Å².